The lowest BCUT2D eigenvalue weighted by molar-refractivity contribution is 0.0821. The van der Waals surface area contributed by atoms with Gasteiger partial charge in [-0.2, -0.15) is 5.10 Å². The summed E-state index contributed by atoms with van der Waals surface area (Å²) in [6.45, 7) is 0. The molecule has 19 heavy (non-hydrogen) atoms. The van der Waals surface area contributed by atoms with Gasteiger partial charge in [0.15, 0.2) is 11.5 Å². The van der Waals surface area contributed by atoms with Crippen molar-refractivity contribution in [2.45, 2.75) is 0 Å². The largest absolute Gasteiger partial charge is 0.389 e. The molecular formula is C12H13N5OS. The number of aromatic nitrogens is 3. The molecule has 0 aliphatic carbocycles. The van der Waals surface area contributed by atoms with Gasteiger partial charge in [-0.1, -0.05) is 12.2 Å². The molecule has 0 aliphatic heterocycles. The van der Waals surface area contributed by atoms with Crippen molar-refractivity contribution < 1.29 is 4.79 Å². The molecule has 2 heterocycles. The predicted octanol–water partition coefficient (Wildman–Crippen LogP) is 0.603. The zero-order valence-corrected chi connectivity index (χ0v) is 11.4. The number of carbonyl (C=O) groups excluding carboxylic acids is 1. The van der Waals surface area contributed by atoms with Gasteiger partial charge in [-0.15, -0.1) is 0 Å². The lowest BCUT2D eigenvalue weighted by Crippen LogP contribution is -2.22. The van der Waals surface area contributed by atoms with Crippen LogP contribution >= 0.6 is 12.2 Å². The van der Waals surface area contributed by atoms with Gasteiger partial charge in [0.05, 0.1) is 5.56 Å². The van der Waals surface area contributed by atoms with Gasteiger partial charge in [0, 0.05) is 26.5 Å². The zero-order chi connectivity index (χ0) is 14.0. The van der Waals surface area contributed by atoms with E-state index in [2.05, 4.69) is 10.1 Å². The van der Waals surface area contributed by atoms with Crippen LogP contribution in [-0.4, -0.2) is 44.7 Å². The van der Waals surface area contributed by atoms with E-state index in [-0.39, 0.29) is 10.9 Å². The van der Waals surface area contributed by atoms with E-state index in [0.717, 1.165) is 0 Å². The van der Waals surface area contributed by atoms with Gasteiger partial charge < -0.3 is 10.6 Å². The van der Waals surface area contributed by atoms with Gasteiger partial charge >= 0.3 is 0 Å². The van der Waals surface area contributed by atoms with Crippen LogP contribution in [0.2, 0.25) is 0 Å². The Hall–Kier alpha value is -2.28. The maximum Gasteiger partial charge on any atom is 0.273 e. The molecule has 0 aliphatic rings. The van der Waals surface area contributed by atoms with Crippen molar-refractivity contribution in [3.05, 3.63) is 41.9 Å². The van der Waals surface area contributed by atoms with E-state index in [1.54, 1.807) is 44.7 Å². The Kier molecular flexibility index (Phi) is 3.57. The maximum absolute atomic E-state index is 11.8. The molecule has 2 rings (SSSR count). The minimum atomic E-state index is -0.174. The number of hydrogen-bond acceptors (Lipinski definition) is 4. The van der Waals surface area contributed by atoms with Crippen LogP contribution < -0.4 is 5.73 Å². The molecule has 0 saturated heterocycles. The molecule has 0 radical (unpaired) electrons. The first-order chi connectivity index (χ1) is 9.00. The Labute approximate surface area is 115 Å². The summed E-state index contributed by atoms with van der Waals surface area (Å²) < 4.78 is 1.49. The Bertz CT molecular complexity index is 635. The van der Waals surface area contributed by atoms with E-state index in [4.69, 9.17) is 18.0 Å². The molecule has 0 unspecified atom stereocenters. The summed E-state index contributed by atoms with van der Waals surface area (Å²) >= 11 is 4.97. The first-order valence-corrected chi connectivity index (χ1v) is 5.94. The van der Waals surface area contributed by atoms with Gasteiger partial charge in [0.25, 0.3) is 5.91 Å². The van der Waals surface area contributed by atoms with Crippen LogP contribution in [-0.2, 0) is 0 Å². The molecular weight excluding hydrogens is 262 g/mol. The van der Waals surface area contributed by atoms with E-state index >= 15 is 0 Å². The monoisotopic (exact) mass is 275 g/mol. The van der Waals surface area contributed by atoms with Crippen LogP contribution in [0.5, 0.6) is 0 Å². The molecule has 2 N–H and O–H groups in total. The minimum absolute atomic E-state index is 0.174. The van der Waals surface area contributed by atoms with E-state index in [9.17, 15) is 4.79 Å². The number of pyridine rings is 1. The lowest BCUT2D eigenvalue weighted by Gasteiger charge is -2.08. The molecule has 6 nitrogen and oxygen atoms in total. The molecule has 7 heteroatoms. The van der Waals surface area contributed by atoms with Crippen molar-refractivity contribution >= 4 is 23.1 Å². The molecule has 0 bridgehead atoms. The smallest absolute Gasteiger partial charge is 0.273 e. The summed E-state index contributed by atoms with van der Waals surface area (Å²) in [7, 11) is 3.34. The number of nitrogens with zero attached hydrogens (tertiary/aromatic N) is 4. The number of rotatable bonds is 3. The lowest BCUT2D eigenvalue weighted by atomic mass is 10.2. The SMILES string of the molecule is CN(C)C(=O)c1ccn(-c2ncccc2C(N)=S)n1. The van der Waals surface area contributed by atoms with Gasteiger partial charge in [0.2, 0.25) is 0 Å². The third-order valence-corrected chi connectivity index (χ3v) is 2.70. The Morgan fingerprint density at radius 2 is 2.16 bits per heavy atom. The van der Waals surface area contributed by atoms with Crippen LogP contribution in [0.3, 0.4) is 0 Å². The van der Waals surface area contributed by atoms with E-state index in [1.165, 1.54) is 9.58 Å². The Morgan fingerprint density at radius 3 is 2.79 bits per heavy atom. The summed E-state index contributed by atoms with van der Waals surface area (Å²) in [6, 6.07) is 5.13. The Balaban J connectivity index is 2.44. The van der Waals surface area contributed by atoms with Crippen LogP contribution in [0, 0.1) is 0 Å². The topological polar surface area (TPSA) is 77.0 Å². The average molecular weight is 275 g/mol. The highest BCUT2D eigenvalue weighted by Gasteiger charge is 2.14. The molecule has 1 amide bonds. The van der Waals surface area contributed by atoms with Crippen LogP contribution in [0.1, 0.15) is 16.1 Å². The number of thiocarbonyl (C=S) groups is 1. The van der Waals surface area contributed by atoms with E-state index in [1.807, 2.05) is 0 Å². The summed E-state index contributed by atoms with van der Waals surface area (Å²) in [5.41, 5.74) is 6.59. The van der Waals surface area contributed by atoms with Crippen molar-refractivity contribution in [2.75, 3.05) is 14.1 Å². The average Bonchev–Trinajstić information content (AvgIpc) is 2.87. The van der Waals surface area contributed by atoms with Crippen LogP contribution in [0.25, 0.3) is 5.82 Å². The normalized spacial score (nSPS) is 10.2. The second-order valence-corrected chi connectivity index (χ2v) is 4.52. The highest BCUT2D eigenvalue weighted by molar-refractivity contribution is 7.80. The van der Waals surface area contributed by atoms with Crippen LogP contribution in [0.15, 0.2) is 30.6 Å². The molecule has 0 fully saturated rings. The van der Waals surface area contributed by atoms with Crippen molar-refractivity contribution in [1.29, 1.82) is 0 Å². The molecule has 98 valence electrons. The number of nitrogens with two attached hydrogens (primary N) is 1. The third kappa shape index (κ3) is 2.60. The fraction of sp³-hybridized carbons (Fsp3) is 0.167. The van der Waals surface area contributed by atoms with Crippen molar-refractivity contribution in [1.82, 2.24) is 19.7 Å². The highest BCUT2D eigenvalue weighted by atomic mass is 32.1. The third-order valence-electron chi connectivity index (χ3n) is 2.48. The fourth-order valence-corrected chi connectivity index (χ4v) is 1.72. The first kappa shape index (κ1) is 13.2. The molecule has 2 aromatic rings. The highest BCUT2D eigenvalue weighted by Crippen LogP contribution is 2.11. The summed E-state index contributed by atoms with van der Waals surface area (Å²) in [5.74, 6) is 0.333. The molecule has 0 spiro atoms. The summed E-state index contributed by atoms with van der Waals surface area (Å²) in [6.07, 6.45) is 3.27. The minimum Gasteiger partial charge on any atom is -0.389 e. The van der Waals surface area contributed by atoms with Crippen LogP contribution in [0.4, 0.5) is 0 Å². The number of hydrogen-bond donors (Lipinski definition) is 1. The second-order valence-electron chi connectivity index (χ2n) is 4.08. The van der Waals surface area contributed by atoms with Crippen molar-refractivity contribution in [3.8, 4) is 5.82 Å². The van der Waals surface area contributed by atoms with E-state index < -0.39 is 0 Å². The second kappa shape index (κ2) is 5.15. The molecule has 0 atom stereocenters. The Morgan fingerprint density at radius 1 is 1.42 bits per heavy atom. The first-order valence-electron chi connectivity index (χ1n) is 5.53. The number of amides is 1. The summed E-state index contributed by atoms with van der Waals surface area (Å²) in [4.78, 5) is 17.7. The van der Waals surface area contributed by atoms with Crippen molar-refractivity contribution in [2.24, 2.45) is 5.73 Å². The van der Waals surface area contributed by atoms with Gasteiger partial charge in [-0.05, 0) is 18.2 Å². The maximum atomic E-state index is 11.8. The molecule has 0 saturated carbocycles. The molecule has 2 aromatic heterocycles. The van der Waals surface area contributed by atoms with Gasteiger partial charge in [-0.3, -0.25) is 4.79 Å². The van der Waals surface area contributed by atoms with E-state index in [0.29, 0.717) is 17.1 Å². The van der Waals surface area contributed by atoms with Gasteiger partial charge in [0.1, 0.15) is 4.99 Å². The molecule has 0 aromatic carbocycles. The standard InChI is InChI=1S/C12H13N5OS/c1-16(2)12(18)9-5-7-17(15-9)11-8(10(13)19)4-3-6-14-11/h3-7H,1-2H3,(H2,13,19). The van der Waals surface area contributed by atoms with Gasteiger partial charge in [-0.25, -0.2) is 9.67 Å². The quantitative estimate of drug-likeness (QED) is 0.830. The zero-order valence-electron chi connectivity index (χ0n) is 10.6. The van der Waals surface area contributed by atoms with Crippen molar-refractivity contribution in [3.63, 3.8) is 0 Å². The fourth-order valence-electron chi connectivity index (χ4n) is 1.56. The predicted molar refractivity (Wildman–Crippen MR) is 75.3 cm³/mol. The summed E-state index contributed by atoms with van der Waals surface area (Å²) in [5, 5.41) is 4.19. The number of carbonyl (C=O) groups is 1.